The van der Waals surface area contributed by atoms with Crippen LogP contribution in [0.5, 0.6) is 5.75 Å². The van der Waals surface area contributed by atoms with Crippen LogP contribution in [0, 0.1) is 6.92 Å². The normalized spacial score (nSPS) is 10.2. The Bertz CT molecular complexity index is 561. The summed E-state index contributed by atoms with van der Waals surface area (Å²) in [7, 11) is 1.60. The summed E-state index contributed by atoms with van der Waals surface area (Å²) in [6.45, 7) is 1.92. The SMILES string of the molecule is COc1ccc(-n2cc(C(=O)O)cn2)c(C)c1. The van der Waals surface area contributed by atoms with E-state index in [1.165, 1.54) is 17.1 Å². The second-order valence-electron chi connectivity index (χ2n) is 3.63. The molecule has 17 heavy (non-hydrogen) atoms. The second kappa shape index (κ2) is 4.29. The first-order chi connectivity index (χ1) is 8.11. The van der Waals surface area contributed by atoms with Crippen LogP contribution in [0.1, 0.15) is 15.9 Å². The van der Waals surface area contributed by atoms with Crippen molar-refractivity contribution in [3.8, 4) is 11.4 Å². The fraction of sp³-hybridized carbons (Fsp3) is 0.167. The van der Waals surface area contributed by atoms with Gasteiger partial charge < -0.3 is 9.84 Å². The van der Waals surface area contributed by atoms with Crippen LogP contribution in [0.15, 0.2) is 30.6 Å². The number of aromatic nitrogens is 2. The van der Waals surface area contributed by atoms with Gasteiger partial charge in [0.1, 0.15) is 5.75 Å². The molecule has 0 saturated heterocycles. The van der Waals surface area contributed by atoms with Crippen LogP contribution in [0.25, 0.3) is 5.69 Å². The lowest BCUT2D eigenvalue weighted by Gasteiger charge is -2.07. The standard InChI is InChI=1S/C12H12N2O3/c1-8-5-10(17-2)3-4-11(8)14-7-9(6-13-14)12(15)16/h3-7H,1-2H3,(H,15,16). The molecular weight excluding hydrogens is 220 g/mol. The number of nitrogens with zero attached hydrogens (tertiary/aromatic N) is 2. The minimum absolute atomic E-state index is 0.167. The molecule has 0 bridgehead atoms. The van der Waals surface area contributed by atoms with E-state index in [1.54, 1.807) is 7.11 Å². The Labute approximate surface area is 98.3 Å². The quantitative estimate of drug-likeness (QED) is 0.877. The molecule has 0 atom stereocenters. The van der Waals surface area contributed by atoms with E-state index in [0.29, 0.717) is 0 Å². The van der Waals surface area contributed by atoms with E-state index in [2.05, 4.69) is 5.10 Å². The van der Waals surface area contributed by atoms with Crippen LogP contribution in [-0.4, -0.2) is 28.0 Å². The Balaban J connectivity index is 2.42. The lowest BCUT2D eigenvalue weighted by molar-refractivity contribution is 0.0697. The van der Waals surface area contributed by atoms with Gasteiger partial charge in [-0.2, -0.15) is 5.10 Å². The van der Waals surface area contributed by atoms with E-state index in [-0.39, 0.29) is 5.56 Å². The Kier molecular flexibility index (Phi) is 2.82. The van der Waals surface area contributed by atoms with E-state index in [0.717, 1.165) is 17.0 Å². The van der Waals surface area contributed by atoms with Crippen LogP contribution in [0.4, 0.5) is 0 Å². The molecule has 88 valence electrons. The molecule has 0 aliphatic rings. The molecule has 2 rings (SSSR count). The average Bonchev–Trinajstić information content (AvgIpc) is 2.78. The molecule has 0 fully saturated rings. The van der Waals surface area contributed by atoms with Gasteiger partial charge in [0.2, 0.25) is 0 Å². The number of carboxylic acids is 1. The molecule has 0 aliphatic heterocycles. The third-order valence-electron chi connectivity index (χ3n) is 2.48. The van der Waals surface area contributed by atoms with E-state index in [4.69, 9.17) is 9.84 Å². The number of carboxylic acid groups (broad SMARTS) is 1. The molecular formula is C12H12N2O3. The monoisotopic (exact) mass is 232 g/mol. The topological polar surface area (TPSA) is 64.3 Å². The third kappa shape index (κ3) is 2.13. The highest BCUT2D eigenvalue weighted by Gasteiger charge is 2.09. The number of aromatic carboxylic acids is 1. The van der Waals surface area contributed by atoms with Crippen molar-refractivity contribution in [2.24, 2.45) is 0 Å². The van der Waals surface area contributed by atoms with Crippen molar-refractivity contribution in [2.75, 3.05) is 7.11 Å². The number of hydrogen-bond acceptors (Lipinski definition) is 3. The van der Waals surface area contributed by atoms with E-state index >= 15 is 0 Å². The maximum atomic E-state index is 10.8. The van der Waals surface area contributed by atoms with Crippen LogP contribution in [-0.2, 0) is 0 Å². The number of methoxy groups -OCH3 is 1. The molecule has 0 aliphatic carbocycles. The number of ether oxygens (including phenoxy) is 1. The van der Waals surface area contributed by atoms with Gasteiger partial charge >= 0.3 is 5.97 Å². The fourth-order valence-electron chi connectivity index (χ4n) is 1.58. The molecule has 1 N–H and O–H groups in total. The zero-order chi connectivity index (χ0) is 12.4. The molecule has 5 heteroatoms. The molecule has 1 heterocycles. The smallest absolute Gasteiger partial charge is 0.338 e. The Morgan fingerprint density at radius 3 is 2.76 bits per heavy atom. The first-order valence-corrected chi connectivity index (χ1v) is 5.05. The van der Waals surface area contributed by atoms with Crippen LogP contribution >= 0.6 is 0 Å². The van der Waals surface area contributed by atoms with Gasteiger partial charge in [-0.05, 0) is 30.7 Å². The largest absolute Gasteiger partial charge is 0.497 e. The average molecular weight is 232 g/mol. The van der Waals surface area contributed by atoms with Gasteiger partial charge in [0.05, 0.1) is 24.6 Å². The van der Waals surface area contributed by atoms with Crippen molar-refractivity contribution >= 4 is 5.97 Å². The van der Waals surface area contributed by atoms with Crippen molar-refractivity contribution in [3.05, 3.63) is 41.7 Å². The number of aryl methyl sites for hydroxylation is 1. The second-order valence-corrected chi connectivity index (χ2v) is 3.63. The van der Waals surface area contributed by atoms with Crippen molar-refractivity contribution < 1.29 is 14.6 Å². The van der Waals surface area contributed by atoms with Crippen LogP contribution < -0.4 is 4.74 Å². The molecule has 5 nitrogen and oxygen atoms in total. The van der Waals surface area contributed by atoms with Crippen LogP contribution in [0.2, 0.25) is 0 Å². The number of hydrogen-bond donors (Lipinski definition) is 1. The molecule has 0 spiro atoms. The predicted molar refractivity (Wildman–Crippen MR) is 61.8 cm³/mol. The summed E-state index contributed by atoms with van der Waals surface area (Å²) in [5.74, 6) is -0.223. The van der Waals surface area contributed by atoms with Gasteiger partial charge in [-0.3, -0.25) is 0 Å². The van der Waals surface area contributed by atoms with Gasteiger partial charge in [0, 0.05) is 6.20 Å². The van der Waals surface area contributed by atoms with E-state index in [9.17, 15) is 4.79 Å². The van der Waals surface area contributed by atoms with Gasteiger partial charge in [-0.1, -0.05) is 0 Å². The highest BCUT2D eigenvalue weighted by molar-refractivity contribution is 5.87. The summed E-state index contributed by atoms with van der Waals surface area (Å²) < 4.78 is 6.65. The number of carbonyl (C=O) groups is 1. The van der Waals surface area contributed by atoms with Gasteiger partial charge in [-0.15, -0.1) is 0 Å². The summed E-state index contributed by atoms with van der Waals surface area (Å²) in [5, 5.41) is 12.8. The minimum atomic E-state index is -0.984. The summed E-state index contributed by atoms with van der Waals surface area (Å²) >= 11 is 0. The van der Waals surface area contributed by atoms with Crippen LogP contribution in [0.3, 0.4) is 0 Å². The molecule has 0 amide bonds. The van der Waals surface area contributed by atoms with Crippen molar-refractivity contribution in [3.63, 3.8) is 0 Å². The Morgan fingerprint density at radius 2 is 2.24 bits per heavy atom. The Hall–Kier alpha value is -2.30. The lowest BCUT2D eigenvalue weighted by atomic mass is 10.2. The zero-order valence-corrected chi connectivity index (χ0v) is 9.54. The lowest BCUT2D eigenvalue weighted by Crippen LogP contribution is -1.98. The van der Waals surface area contributed by atoms with Gasteiger partial charge in [-0.25, -0.2) is 9.48 Å². The molecule has 1 aromatic carbocycles. The summed E-state index contributed by atoms with van der Waals surface area (Å²) in [6, 6.07) is 5.52. The zero-order valence-electron chi connectivity index (χ0n) is 9.54. The van der Waals surface area contributed by atoms with Crippen molar-refractivity contribution in [1.82, 2.24) is 9.78 Å². The summed E-state index contributed by atoms with van der Waals surface area (Å²) in [5.41, 5.74) is 1.96. The molecule has 1 aromatic heterocycles. The minimum Gasteiger partial charge on any atom is -0.497 e. The van der Waals surface area contributed by atoms with E-state index < -0.39 is 5.97 Å². The first kappa shape index (κ1) is 11.2. The molecule has 0 unspecified atom stereocenters. The number of benzene rings is 1. The number of rotatable bonds is 3. The first-order valence-electron chi connectivity index (χ1n) is 5.05. The van der Waals surface area contributed by atoms with Gasteiger partial charge in [0.25, 0.3) is 0 Å². The molecule has 0 radical (unpaired) electrons. The van der Waals surface area contributed by atoms with Crippen molar-refractivity contribution in [1.29, 1.82) is 0 Å². The highest BCUT2D eigenvalue weighted by Crippen LogP contribution is 2.20. The summed E-state index contributed by atoms with van der Waals surface area (Å²) in [4.78, 5) is 10.8. The molecule has 0 saturated carbocycles. The fourth-order valence-corrected chi connectivity index (χ4v) is 1.58. The maximum Gasteiger partial charge on any atom is 0.338 e. The highest BCUT2D eigenvalue weighted by atomic mass is 16.5. The van der Waals surface area contributed by atoms with E-state index in [1.807, 2.05) is 25.1 Å². The van der Waals surface area contributed by atoms with Gasteiger partial charge in [0.15, 0.2) is 0 Å². The van der Waals surface area contributed by atoms with Crippen molar-refractivity contribution in [2.45, 2.75) is 6.92 Å². The summed E-state index contributed by atoms with van der Waals surface area (Å²) in [6.07, 6.45) is 2.81. The maximum absolute atomic E-state index is 10.8. The predicted octanol–water partition coefficient (Wildman–Crippen LogP) is 1.89. The Morgan fingerprint density at radius 1 is 1.47 bits per heavy atom. The molecule has 2 aromatic rings. The third-order valence-corrected chi connectivity index (χ3v) is 2.48.